The monoisotopic (exact) mass is 484 g/mol. The van der Waals surface area contributed by atoms with Gasteiger partial charge in [0.15, 0.2) is 5.69 Å². The van der Waals surface area contributed by atoms with Gasteiger partial charge >= 0.3 is 6.18 Å². The zero-order valence-electron chi connectivity index (χ0n) is 17.9. The number of aliphatic imine (C=N–C) groups is 1. The number of amides is 1. The van der Waals surface area contributed by atoms with Crippen molar-refractivity contribution in [3.05, 3.63) is 47.2 Å². The lowest BCUT2D eigenvalue weighted by molar-refractivity contribution is -0.137. The summed E-state index contributed by atoms with van der Waals surface area (Å²) in [6.07, 6.45) is 0.722. The van der Waals surface area contributed by atoms with Crippen LogP contribution in [0.25, 0.3) is 10.6 Å². The fourth-order valence-corrected chi connectivity index (χ4v) is 4.39. The maximum Gasteiger partial charge on any atom is 0.416 e. The number of rotatable bonds is 4. The van der Waals surface area contributed by atoms with Crippen molar-refractivity contribution in [2.45, 2.75) is 31.9 Å². The number of thiazole rings is 1. The number of aromatic nitrogens is 1. The molecular formula is C21H24F4N6OS. The van der Waals surface area contributed by atoms with Crippen LogP contribution in [0.2, 0.25) is 0 Å². The van der Waals surface area contributed by atoms with Crippen molar-refractivity contribution in [2.75, 3.05) is 25.9 Å². The quantitative estimate of drug-likeness (QED) is 0.346. The third-order valence-corrected chi connectivity index (χ3v) is 6.08. The van der Waals surface area contributed by atoms with Crippen LogP contribution < -0.4 is 16.8 Å². The zero-order chi connectivity index (χ0) is 24.2. The molecule has 1 saturated heterocycles. The second-order valence-corrected chi connectivity index (χ2v) is 8.44. The summed E-state index contributed by atoms with van der Waals surface area (Å²) in [4.78, 5) is 23.2. The fraction of sp³-hybridized carbons (Fsp3) is 0.381. The first kappa shape index (κ1) is 24.5. The van der Waals surface area contributed by atoms with Gasteiger partial charge < -0.3 is 21.7 Å². The third kappa shape index (κ3) is 5.62. The summed E-state index contributed by atoms with van der Waals surface area (Å²) >= 11 is 0.716. The molecule has 2 aromatic rings. The largest absolute Gasteiger partial charge is 0.416 e. The van der Waals surface area contributed by atoms with E-state index in [0.29, 0.717) is 35.4 Å². The molecule has 1 aromatic carbocycles. The average molecular weight is 485 g/mol. The number of carbonyl (C=O) groups is 1. The maximum atomic E-state index is 14.3. The first-order chi connectivity index (χ1) is 15.7. The van der Waals surface area contributed by atoms with Gasteiger partial charge in [0, 0.05) is 31.9 Å². The molecule has 33 heavy (non-hydrogen) atoms. The van der Waals surface area contributed by atoms with Crippen LogP contribution >= 0.6 is 11.3 Å². The van der Waals surface area contributed by atoms with E-state index in [0.717, 1.165) is 38.8 Å². The number of hydrogen-bond acceptors (Lipinski definition) is 6. The summed E-state index contributed by atoms with van der Waals surface area (Å²) in [7, 11) is 1.58. The van der Waals surface area contributed by atoms with Gasteiger partial charge in [0.25, 0.3) is 5.91 Å². The van der Waals surface area contributed by atoms with E-state index in [4.69, 9.17) is 11.5 Å². The average Bonchev–Trinajstić information content (AvgIpc) is 2.96. The van der Waals surface area contributed by atoms with E-state index < -0.39 is 29.0 Å². The lowest BCUT2D eigenvalue weighted by Crippen LogP contribution is -2.39. The molecule has 0 aliphatic carbocycles. The lowest BCUT2D eigenvalue weighted by atomic mass is 10.1. The molecule has 12 heteroatoms. The number of alkyl halides is 3. The summed E-state index contributed by atoms with van der Waals surface area (Å²) in [5, 5.41) is 2.41. The molecule has 1 fully saturated rings. The van der Waals surface area contributed by atoms with Crippen LogP contribution in [-0.4, -0.2) is 41.8 Å². The number of halogens is 4. The molecule has 0 saturated carbocycles. The minimum atomic E-state index is -4.66. The Morgan fingerprint density at radius 3 is 2.48 bits per heavy atom. The molecular weight excluding hydrogens is 460 g/mol. The zero-order valence-corrected chi connectivity index (χ0v) is 18.7. The van der Waals surface area contributed by atoms with Crippen molar-refractivity contribution < 1.29 is 22.4 Å². The van der Waals surface area contributed by atoms with Crippen molar-refractivity contribution in [1.29, 1.82) is 0 Å². The number of hydrogen-bond donors (Lipinski definition) is 3. The first-order valence-electron chi connectivity index (χ1n) is 10.2. The van der Waals surface area contributed by atoms with Gasteiger partial charge in [-0.1, -0.05) is 24.2 Å². The molecule has 1 aliphatic heterocycles. The Balaban J connectivity index is 1.86. The van der Waals surface area contributed by atoms with E-state index in [2.05, 4.69) is 15.3 Å². The highest BCUT2D eigenvalue weighted by atomic mass is 32.1. The summed E-state index contributed by atoms with van der Waals surface area (Å²) in [5.41, 5.74) is 10.2. The van der Waals surface area contributed by atoms with Gasteiger partial charge in [0.2, 0.25) is 0 Å². The number of amidine groups is 1. The van der Waals surface area contributed by atoms with E-state index in [1.807, 2.05) is 4.90 Å². The predicted molar refractivity (Wildman–Crippen MR) is 120 cm³/mol. The molecule has 1 aliphatic rings. The highest BCUT2D eigenvalue weighted by Gasteiger charge is 2.32. The summed E-state index contributed by atoms with van der Waals surface area (Å²) in [6, 6.07) is 1.98. The molecule has 178 valence electrons. The Labute approximate surface area is 192 Å². The molecule has 1 aromatic heterocycles. The van der Waals surface area contributed by atoms with Crippen LogP contribution in [0.5, 0.6) is 0 Å². The molecule has 2 heterocycles. The summed E-state index contributed by atoms with van der Waals surface area (Å²) in [6.45, 7) is 1.52. The van der Waals surface area contributed by atoms with Crippen LogP contribution in [0.15, 0.2) is 35.1 Å². The number of anilines is 1. The standard InChI is InChI=1S/C21H24F4N6OS/c1-28-18(31-8-4-2-3-5-9-31)15(11-26)29-19(32)16-17(27)33-20(30-16)13-10-12(21(23,24)25)6-7-14(13)22/h6-7,10-11H,2-5,8-9,26-27H2,1H3,(H,29,32). The Morgan fingerprint density at radius 1 is 1.24 bits per heavy atom. The van der Waals surface area contributed by atoms with Gasteiger partial charge in [-0.2, -0.15) is 13.2 Å². The van der Waals surface area contributed by atoms with Crippen molar-refractivity contribution >= 4 is 28.1 Å². The number of likely N-dealkylation sites (tertiary alicyclic amines) is 1. The van der Waals surface area contributed by atoms with E-state index in [1.54, 1.807) is 7.05 Å². The van der Waals surface area contributed by atoms with E-state index >= 15 is 0 Å². The van der Waals surface area contributed by atoms with Gasteiger partial charge in [-0.05, 0) is 31.0 Å². The molecule has 0 atom stereocenters. The van der Waals surface area contributed by atoms with Crippen molar-refractivity contribution in [1.82, 2.24) is 15.2 Å². The van der Waals surface area contributed by atoms with Crippen molar-refractivity contribution in [3.8, 4) is 10.6 Å². The van der Waals surface area contributed by atoms with Crippen molar-refractivity contribution in [2.24, 2.45) is 10.7 Å². The van der Waals surface area contributed by atoms with Gasteiger partial charge in [-0.25, -0.2) is 9.37 Å². The molecule has 1 amide bonds. The molecule has 7 nitrogen and oxygen atoms in total. The number of nitrogens with two attached hydrogens (primary N) is 2. The highest BCUT2D eigenvalue weighted by molar-refractivity contribution is 7.19. The van der Waals surface area contributed by atoms with Crippen molar-refractivity contribution in [3.63, 3.8) is 0 Å². The number of nitrogens with zero attached hydrogens (tertiary/aromatic N) is 3. The Bertz CT molecular complexity index is 1070. The molecule has 0 unspecified atom stereocenters. The fourth-order valence-electron chi connectivity index (χ4n) is 3.54. The van der Waals surface area contributed by atoms with E-state index in [-0.39, 0.29) is 21.4 Å². The molecule has 0 radical (unpaired) electrons. The van der Waals surface area contributed by atoms with Gasteiger partial charge in [0.05, 0.1) is 11.3 Å². The van der Waals surface area contributed by atoms with Crippen LogP contribution in [0.3, 0.4) is 0 Å². The topological polar surface area (TPSA) is 110 Å². The highest BCUT2D eigenvalue weighted by Crippen LogP contribution is 2.36. The first-order valence-corrected chi connectivity index (χ1v) is 11.1. The summed E-state index contributed by atoms with van der Waals surface area (Å²) in [5.74, 6) is -1.13. The maximum absolute atomic E-state index is 14.3. The van der Waals surface area contributed by atoms with Gasteiger partial charge in [0.1, 0.15) is 21.7 Å². The molecule has 5 N–H and O–H groups in total. The second-order valence-electron chi connectivity index (χ2n) is 7.41. The van der Waals surface area contributed by atoms with Gasteiger partial charge in [-0.3, -0.25) is 9.79 Å². The minimum Gasteiger partial charge on any atom is -0.403 e. The predicted octanol–water partition coefficient (Wildman–Crippen LogP) is 3.98. The van der Waals surface area contributed by atoms with Crippen LogP contribution in [0.1, 0.15) is 41.7 Å². The van der Waals surface area contributed by atoms with E-state index in [9.17, 15) is 22.4 Å². The number of nitrogen functional groups attached to an aromatic ring is 1. The summed E-state index contributed by atoms with van der Waals surface area (Å²) < 4.78 is 53.4. The Kier molecular flexibility index (Phi) is 7.57. The molecule has 0 bridgehead atoms. The minimum absolute atomic E-state index is 0.0690. The van der Waals surface area contributed by atoms with E-state index in [1.165, 1.54) is 6.20 Å². The number of nitrogens with one attached hydrogen (secondary N) is 1. The Morgan fingerprint density at radius 2 is 1.91 bits per heavy atom. The molecule has 0 spiro atoms. The Hall–Kier alpha value is -3.15. The SMILES string of the molecule is CN=C(C(=CN)NC(=O)c1nc(-c2cc(C(F)(F)F)ccc2F)sc1N)N1CCCCCC1. The smallest absolute Gasteiger partial charge is 0.403 e. The lowest BCUT2D eigenvalue weighted by Gasteiger charge is -2.25. The normalized spacial score (nSPS) is 16.0. The van der Waals surface area contributed by atoms with Crippen LogP contribution in [0, 0.1) is 5.82 Å². The number of benzene rings is 1. The molecule has 3 rings (SSSR count). The third-order valence-electron chi connectivity index (χ3n) is 5.17. The number of carbonyl (C=O) groups excluding carboxylic acids is 1. The van der Waals surface area contributed by atoms with Crippen LogP contribution in [0.4, 0.5) is 22.6 Å². The second kappa shape index (κ2) is 10.2. The van der Waals surface area contributed by atoms with Gasteiger partial charge in [-0.15, -0.1) is 0 Å². The van der Waals surface area contributed by atoms with Crippen LogP contribution in [-0.2, 0) is 6.18 Å².